The van der Waals surface area contributed by atoms with Crippen LogP contribution in [0.4, 0.5) is 4.39 Å². The van der Waals surface area contributed by atoms with Gasteiger partial charge in [-0.15, -0.1) is 0 Å². The van der Waals surface area contributed by atoms with E-state index in [4.69, 9.17) is 62.0 Å². The number of aromatic nitrogens is 4. The van der Waals surface area contributed by atoms with Crippen LogP contribution in [0.5, 0.6) is 0 Å². The first-order valence-electron chi connectivity index (χ1n) is 45.1. The second-order valence-electron chi connectivity index (χ2n) is 30.3. The van der Waals surface area contributed by atoms with Crippen molar-refractivity contribution in [2.24, 2.45) is 5.73 Å². The number of methoxy groups -OCH3 is 2. The summed E-state index contributed by atoms with van der Waals surface area (Å²) in [5.74, 6) is -0.813. The summed E-state index contributed by atoms with van der Waals surface area (Å²) in [6.07, 6.45) is 15.0. The number of alkyl halides is 1. The number of hydrogen-bond acceptors (Lipinski definition) is 15. The normalized spacial score (nSPS) is 11.1. The number of carbonyl (C=O) groups excluding carboxylic acids is 3. The van der Waals surface area contributed by atoms with Crippen LogP contribution in [-0.4, -0.2) is 108 Å². The molecule has 143 heavy (non-hydrogen) atoms. The topological polar surface area (TPSA) is 223 Å². The van der Waals surface area contributed by atoms with Crippen molar-refractivity contribution in [3.8, 4) is 11.3 Å². The van der Waals surface area contributed by atoms with Crippen LogP contribution in [0, 0.1) is 0 Å². The summed E-state index contributed by atoms with van der Waals surface area (Å²) in [5.41, 5.74) is 11.1. The quantitative estimate of drug-likeness (QED) is 0.0100. The van der Waals surface area contributed by atoms with Crippen LogP contribution < -0.4 is 183 Å². The van der Waals surface area contributed by atoms with Crippen molar-refractivity contribution in [3.63, 3.8) is 0 Å². The smallest absolute Gasteiger partial charge is 1.00 e. The summed E-state index contributed by atoms with van der Waals surface area (Å²) in [6, 6.07) is 151. The molecule has 4 aromatic heterocycles. The first kappa shape index (κ1) is 119. The number of hydrogen-bond donors (Lipinski definition) is 3. The monoisotopic (exact) mass is 2170 g/mol. The maximum atomic E-state index is 11.1. The molecular formula is C116H107BCl3FK2N6O9P4Pd. The van der Waals surface area contributed by atoms with Gasteiger partial charge in [0.15, 0.2) is 0 Å². The number of fused-ring (bicyclic) bond motifs is 2. The summed E-state index contributed by atoms with van der Waals surface area (Å²) in [7, 11) is 0.543. The number of nitrogens with two attached hydrogens (primary N) is 1. The van der Waals surface area contributed by atoms with Crippen LogP contribution in [0.3, 0.4) is 0 Å². The van der Waals surface area contributed by atoms with Gasteiger partial charge in [-0.3, -0.25) is 19.2 Å². The van der Waals surface area contributed by atoms with Gasteiger partial charge in [-0.1, -0.05) is 447 Å². The van der Waals surface area contributed by atoms with Crippen LogP contribution in [0.25, 0.3) is 45.2 Å². The minimum atomic E-state index is -1.47. The predicted octanol–water partition coefficient (Wildman–Crippen LogP) is 13.6. The van der Waals surface area contributed by atoms with E-state index < -0.39 is 51.9 Å². The number of carbonyl (C=O) groups is 3. The maximum absolute atomic E-state index is 11.1. The van der Waals surface area contributed by atoms with E-state index in [1.807, 2.05) is 36.4 Å². The number of rotatable bonds is 19. The zero-order chi connectivity index (χ0) is 99.8. The molecule has 5 heterocycles. The second-order valence-corrected chi connectivity index (χ2v) is 40.4. The molecule has 0 radical (unpaired) electrons. The Labute approximate surface area is 960 Å². The Hall–Kier alpha value is -9.59. The summed E-state index contributed by atoms with van der Waals surface area (Å²) in [6.45, 7) is 2.18. The minimum Gasteiger partial charge on any atom is -1.00 e. The largest absolute Gasteiger partial charge is 1.00 e. The zero-order valence-electron chi connectivity index (χ0n) is 81.6. The molecule has 0 spiro atoms. The van der Waals surface area contributed by atoms with E-state index in [-0.39, 0.29) is 137 Å². The van der Waals surface area contributed by atoms with Gasteiger partial charge in [-0.2, -0.15) is 0 Å². The molecule has 19 rings (SSSR count). The van der Waals surface area contributed by atoms with Gasteiger partial charge >= 0.3 is 122 Å². The summed E-state index contributed by atoms with van der Waals surface area (Å²) in [4.78, 5) is 52.1. The molecule has 18 aromatic rings. The van der Waals surface area contributed by atoms with Crippen LogP contribution in [-0.2, 0) is 49.2 Å². The van der Waals surface area contributed by atoms with E-state index in [1.54, 1.807) is 73.3 Å². The van der Waals surface area contributed by atoms with Crippen LogP contribution >= 0.6 is 66.5 Å². The van der Waals surface area contributed by atoms with Gasteiger partial charge in [0.1, 0.15) is 5.15 Å². The minimum absolute atomic E-state index is 0. The molecule has 27 heteroatoms. The molecule has 1 aliphatic rings. The fraction of sp³-hybridized carbons (Fsp3) is 0.0776. The number of nitrogens with zero attached hydrogens (tertiary/aromatic N) is 5. The fourth-order valence-corrected chi connectivity index (χ4v) is 23.9. The number of ether oxygens (including phenoxy) is 2. The van der Waals surface area contributed by atoms with Crippen LogP contribution in [0.1, 0.15) is 26.8 Å². The van der Waals surface area contributed by atoms with Gasteiger partial charge in [-0.05, 0) is 181 Å². The van der Waals surface area contributed by atoms with Crippen molar-refractivity contribution >= 4 is 195 Å². The molecule has 1 saturated heterocycles. The molecule has 0 aliphatic carbocycles. The van der Waals surface area contributed by atoms with Crippen molar-refractivity contribution in [2.75, 3.05) is 41.5 Å². The molecule has 0 bridgehead atoms. The number of pyridine rings is 4. The molecule has 0 saturated carbocycles. The van der Waals surface area contributed by atoms with Crippen molar-refractivity contribution in [1.82, 2.24) is 24.8 Å². The van der Waals surface area contributed by atoms with Gasteiger partial charge in [0.05, 0.1) is 49.5 Å². The van der Waals surface area contributed by atoms with Crippen LogP contribution in [0.2, 0.25) is 15.2 Å². The summed E-state index contributed by atoms with van der Waals surface area (Å²) < 4.78 is 24.5. The Balaban J connectivity index is 0.000000253. The number of esters is 2. The molecular weight excluding hydrogens is 2070 g/mol. The van der Waals surface area contributed by atoms with E-state index in [0.717, 1.165) is 44.2 Å². The van der Waals surface area contributed by atoms with Crippen molar-refractivity contribution in [2.45, 2.75) is 18.9 Å². The van der Waals surface area contributed by atoms with E-state index in [0.29, 0.717) is 26.7 Å². The average Bonchev–Trinajstić information content (AvgIpc) is 0.789. The molecule has 14 aromatic carbocycles. The zero-order valence-corrected chi connectivity index (χ0v) is 93.3. The molecule has 1 aliphatic heterocycles. The standard InChI is InChI=1S/C18H13ClN2O2.4C18H15P.C10H11BO4.C8H4Cl2N2.C6H14N2.CH3F.CH2O3.2K.Pd.H/c1-23-18(22)7-4-12-2-5-13(6-3-12)17-10-15(19)14-11-20-9-8-16(14)21-17;4*1-4-10-16(11-5-1)19(17-12-6-2-7-13-17)18-14-8-3-9-15-18;1-15-10(12)7-4-8-2-5-9(6-3-8)11(13)14;9-6-3-8(10)12-7-1-2-11-4-5(6)7;1-8-4-2-6(7)3-5-8;1-2;2-1-4-3;;;;/h2-11H,1H3;4*1-15H;2-7,13-14H,1H3;1-4H;6H,2-5,7H2,1H3;1H3;1,3H;;;;/q;;;;;;;;;;2*+1;;-1/p-1/b7-4+;;;;;7-4+;;;;;;;;/i;;;;;;;;1D;;;;;. The Bertz CT molecular complexity index is 5850. The second kappa shape index (κ2) is 69.5. The fourth-order valence-electron chi connectivity index (χ4n) is 13.9. The first-order valence-corrected chi connectivity index (χ1v) is 50.9. The SMILES string of the molecule is CN1CCC(N)CC1.COC(=O)/C=C/c1ccc(-c2cc(Cl)c3cnccc3n2)cc1.COC(=O)/C=C/c1ccc(B(O)O)cc1.Clc1cc(Cl)c2cnccc2n1.O=CO[O-].[2H]CF.[H-].[K+].[K+].[Pd].c1ccc(P(c2ccccc2)c2ccccc2)cc1.c1ccc(P(c2ccccc2)c2ccccc2)cc1.c1ccc(P(c2ccccc2)c2ccccc2)cc1.c1ccc(P(c2ccccc2)c2ccccc2)cc1. The predicted molar refractivity (Wildman–Crippen MR) is 589 cm³/mol. The number of piperidine rings is 1. The van der Waals surface area contributed by atoms with E-state index in [2.05, 4.69) is 410 Å². The third kappa shape index (κ3) is 41.3. The van der Waals surface area contributed by atoms with Crippen molar-refractivity contribution in [3.05, 3.63) is 500 Å². The number of likely N-dealkylation sites (tertiary alicyclic amines) is 1. The Morgan fingerprint density at radius 1 is 0.427 bits per heavy atom. The van der Waals surface area contributed by atoms with Crippen molar-refractivity contribution in [1.29, 1.82) is 0 Å². The summed E-state index contributed by atoms with van der Waals surface area (Å²) >= 11 is 17.9. The number of halogens is 4. The van der Waals surface area contributed by atoms with E-state index >= 15 is 0 Å². The molecule has 4 N–H and O–H groups in total. The third-order valence-electron chi connectivity index (χ3n) is 20.7. The van der Waals surface area contributed by atoms with Crippen LogP contribution in [0.15, 0.2) is 474 Å². The van der Waals surface area contributed by atoms with Gasteiger partial charge in [-0.25, -0.2) is 19.6 Å². The molecule has 0 unspecified atom stereocenters. The van der Waals surface area contributed by atoms with Crippen molar-refractivity contribution < 1.29 is 174 Å². The first-order chi connectivity index (χ1) is 69.0. The van der Waals surface area contributed by atoms with Gasteiger partial charge < -0.3 is 41.7 Å². The average molecular weight is 2170 g/mol. The van der Waals surface area contributed by atoms with Gasteiger partial charge in [0.2, 0.25) is 0 Å². The molecule has 0 amide bonds. The molecule has 15 nitrogen and oxygen atoms in total. The third-order valence-corrected chi connectivity index (χ3v) is 31.3. The number of benzene rings is 14. The van der Waals surface area contributed by atoms with Gasteiger partial charge in [0.25, 0.3) is 6.47 Å². The Morgan fingerprint density at radius 2 is 0.664 bits per heavy atom. The molecule has 0 atom stereocenters. The Morgan fingerprint density at radius 3 is 0.895 bits per heavy atom. The van der Waals surface area contributed by atoms with E-state index in [9.17, 15) is 14.0 Å². The van der Waals surface area contributed by atoms with E-state index in [1.165, 1.54) is 116 Å². The maximum Gasteiger partial charge on any atom is 1.00 e. The molecule has 718 valence electrons. The summed E-state index contributed by atoms with van der Waals surface area (Å²) in [5, 5.41) is 46.1. The molecule has 1 fully saturated rings. The van der Waals surface area contributed by atoms with Gasteiger partial charge in [0, 0.05) is 79.7 Å². The Kier molecular flexibility index (Phi) is 57.6.